The molecule has 118 valence electrons. The highest BCUT2D eigenvalue weighted by Gasteiger charge is 2.17. The monoisotopic (exact) mass is 333 g/mol. The molecule has 6 nitrogen and oxygen atoms in total. The zero-order valence-corrected chi connectivity index (χ0v) is 12.6. The number of ether oxygens (including phenoxy) is 3. The Morgan fingerprint density at radius 3 is 2.70 bits per heavy atom. The first-order chi connectivity index (χ1) is 11.1. The Morgan fingerprint density at radius 1 is 1.17 bits per heavy atom. The Kier molecular flexibility index (Phi) is 4.34. The van der Waals surface area contributed by atoms with Gasteiger partial charge in [0.25, 0.3) is 5.91 Å². The Bertz CT molecular complexity index is 745. The van der Waals surface area contributed by atoms with Gasteiger partial charge in [-0.2, -0.15) is 0 Å². The van der Waals surface area contributed by atoms with Gasteiger partial charge in [-0.05, 0) is 36.4 Å². The van der Waals surface area contributed by atoms with Crippen LogP contribution in [0.15, 0.2) is 42.5 Å². The minimum Gasteiger partial charge on any atom is -0.482 e. The molecule has 23 heavy (non-hydrogen) atoms. The molecule has 2 aromatic carbocycles. The van der Waals surface area contributed by atoms with Gasteiger partial charge in [-0.3, -0.25) is 4.79 Å². The van der Waals surface area contributed by atoms with Crippen molar-refractivity contribution in [1.82, 2.24) is 0 Å². The molecule has 0 bridgehead atoms. The number of hydrogen-bond donors (Lipinski definition) is 1. The molecule has 0 aromatic heterocycles. The third-order valence-electron chi connectivity index (χ3n) is 2.99. The quantitative estimate of drug-likeness (QED) is 0.688. The Labute approximate surface area is 136 Å². The van der Waals surface area contributed by atoms with Crippen LogP contribution in [0.5, 0.6) is 17.2 Å². The molecule has 0 unspecified atom stereocenters. The van der Waals surface area contributed by atoms with Crippen LogP contribution >= 0.6 is 11.6 Å². The highest BCUT2D eigenvalue weighted by atomic mass is 35.5. The van der Waals surface area contributed by atoms with Gasteiger partial charge in [0, 0.05) is 11.1 Å². The summed E-state index contributed by atoms with van der Waals surface area (Å²) >= 11 is 5.76. The summed E-state index contributed by atoms with van der Waals surface area (Å²) in [6.45, 7) is -0.275. The van der Waals surface area contributed by atoms with Crippen molar-refractivity contribution in [3.8, 4) is 17.2 Å². The van der Waals surface area contributed by atoms with Crippen LogP contribution in [0.3, 0.4) is 0 Å². The van der Waals surface area contributed by atoms with Crippen LogP contribution in [-0.4, -0.2) is 25.1 Å². The number of fused-ring (bicyclic) bond motifs is 1. The number of carbonyl (C=O) groups excluding carboxylic acids is 2. The average molecular weight is 334 g/mol. The second kappa shape index (κ2) is 6.58. The van der Waals surface area contributed by atoms with E-state index in [9.17, 15) is 9.59 Å². The minimum absolute atomic E-state index is 0.0267. The molecule has 1 aliphatic heterocycles. The predicted octanol–water partition coefficient (Wildman–Crippen LogP) is 2.66. The maximum Gasteiger partial charge on any atom is 0.349 e. The molecule has 2 aromatic rings. The maximum absolute atomic E-state index is 11.8. The van der Waals surface area contributed by atoms with E-state index in [1.807, 2.05) is 0 Å². The summed E-state index contributed by atoms with van der Waals surface area (Å²) in [5.41, 5.74) is 0.463. The molecule has 1 heterocycles. The summed E-state index contributed by atoms with van der Waals surface area (Å²) in [7, 11) is 0. The van der Waals surface area contributed by atoms with E-state index in [1.54, 1.807) is 36.4 Å². The van der Waals surface area contributed by atoms with Gasteiger partial charge in [0.1, 0.15) is 17.2 Å². The van der Waals surface area contributed by atoms with Crippen LogP contribution in [0, 0.1) is 0 Å². The molecule has 3 rings (SSSR count). The number of carbonyl (C=O) groups is 2. The number of amides is 1. The minimum atomic E-state index is -0.567. The van der Waals surface area contributed by atoms with Gasteiger partial charge in [-0.25, -0.2) is 4.79 Å². The summed E-state index contributed by atoms with van der Waals surface area (Å²) in [6, 6.07) is 11.4. The summed E-state index contributed by atoms with van der Waals surface area (Å²) < 4.78 is 15.7. The highest BCUT2D eigenvalue weighted by Crippen LogP contribution is 2.31. The lowest BCUT2D eigenvalue weighted by atomic mass is 10.2. The van der Waals surface area contributed by atoms with Crippen LogP contribution < -0.4 is 19.5 Å². The van der Waals surface area contributed by atoms with Crippen LogP contribution in [0.25, 0.3) is 0 Å². The van der Waals surface area contributed by atoms with E-state index in [-0.39, 0.29) is 19.1 Å². The fraction of sp³-hybridized carbons (Fsp3) is 0.125. The molecule has 0 fully saturated rings. The Hall–Kier alpha value is -2.73. The van der Waals surface area contributed by atoms with Gasteiger partial charge in [0.2, 0.25) is 0 Å². The number of esters is 1. The van der Waals surface area contributed by atoms with Crippen molar-refractivity contribution in [3.63, 3.8) is 0 Å². The van der Waals surface area contributed by atoms with Crippen molar-refractivity contribution in [1.29, 1.82) is 0 Å². The van der Waals surface area contributed by atoms with E-state index < -0.39 is 5.97 Å². The predicted molar refractivity (Wildman–Crippen MR) is 83.1 cm³/mol. The van der Waals surface area contributed by atoms with Crippen LogP contribution in [-0.2, 0) is 9.59 Å². The van der Waals surface area contributed by atoms with Gasteiger partial charge in [-0.15, -0.1) is 0 Å². The molecule has 1 amide bonds. The summed E-state index contributed by atoms with van der Waals surface area (Å²) in [6.07, 6.45) is 0. The molecule has 0 aliphatic carbocycles. The molecule has 0 spiro atoms. The van der Waals surface area contributed by atoms with Gasteiger partial charge < -0.3 is 19.5 Å². The maximum atomic E-state index is 11.8. The molecule has 1 N–H and O–H groups in total. The fourth-order valence-electron chi connectivity index (χ4n) is 1.96. The van der Waals surface area contributed by atoms with Crippen molar-refractivity contribution in [2.24, 2.45) is 0 Å². The number of rotatable bonds is 4. The van der Waals surface area contributed by atoms with Crippen molar-refractivity contribution < 1.29 is 23.8 Å². The normalized spacial score (nSPS) is 12.7. The number of benzene rings is 2. The first-order valence-corrected chi connectivity index (χ1v) is 7.14. The van der Waals surface area contributed by atoms with E-state index in [4.69, 9.17) is 25.8 Å². The molecule has 1 aliphatic rings. The largest absolute Gasteiger partial charge is 0.482 e. The van der Waals surface area contributed by atoms with Crippen molar-refractivity contribution in [3.05, 3.63) is 47.5 Å². The SMILES string of the molecule is O=C1COc2ccc(OC(=O)COc3ccc(Cl)cc3)cc2N1. The third-order valence-corrected chi connectivity index (χ3v) is 3.24. The van der Waals surface area contributed by atoms with Crippen molar-refractivity contribution >= 4 is 29.2 Å². The smallest absolute Gasteiger partial charge is 0.349 e. The zero-order chi connectivity index (χ0) is 16.2. The summed E-state index contributed by atoms with van der Waals surface area (Å²) in [5, 5.41) is 3.22. The van der Waals surface area contributed by atoms with Gasteiger partial charge in [-0.1, -0.05) is 11.6 Å². The van der Waals surface area contributed by atoms with E-state index >= 15 is 0 Å². The standard InChI is InChI=1S/C16H12ClNO5/c17-10-1-3-11(4-2-10)21-9-16(20)23-12-5-6-14-13(7-12)18-15(19)8-22-14/h1-7H,8-9H2,(H,18,19). The fourth-order valence-corrected chi connectivity index (χ4v) is 2.09. The lowest BCUT2D eigenvalue weighted by Crippen LogP contribution is -2.25. The molecule has 0 saturated carbocycles. The van der Waals surface area contributed by atoms with E-state index in [1.165, 1.54) is 6.07 Å². The molecular formula is C16H12ClNO5. The molecule has 0 saturated heterocycles. The number of halogens is 1. The highest BCUT2D eigenvalue weighted by molar-refractivity contribution is 6.30. The lowest BCUT2D eigenvalue weighted by molar-refractivity contribution is -0.136. The summed E-state index contributed by atoms with van der Waals surface area (Å²) in [5.74, 6) is 0.508. The zero-order valence-electron chi connectivity index (χ0n) is 11.9. The van der Waals surface area contributed by atoms with E-state index in [2.05, 4.69) is 5.32 Å². The van der Waals surface area contributed by atoms with Gasteiger partial charge in [0.05, 0.1) is 5.69 Å². The molecule has 0 radical (unpaired) electrons. The van der Waals surface area contributed by atoms with Gasteiger partial charge >= 0.3 is 5.97 Å². The number of hydrogen-bond acceptors (Lipinski definition) is 5. The van der Waals surface area contributed by atoms with Crippen molar-refractivity contribution in [2.45, 2.75) is 0 Å². The second-order valence-corrected chi connectivity index (χ2v) is 5.15. The topological polar surface area (TPSA) is 73.9 Å². The number of anilines is 1. The first kappa shape index (κ1) is 15.2. The van der Waals surface area contributed by atoms with E-state index in [0.717, 1.165) is 0 Å². The third kappa shape index (κ3) is 3.92. The molecule has 7 heteroatoms. The Balaban J connectivity index is 1.58. The molecule has 0 atom stereocenters. The van der Waals surface area contributed by atoms with Gasteiger partial charge in [0.15, 0.2) is 13.2 Å². The van der Waals surface area contributed by atoms with Crippen LogP contribution in [0.4, 0.5) is 5.69 Å². The molecular weight excluding hydrogens is 322 g/mol. The van der Waals surface area contributed by atoms with E-state index in [0.29, 0.717) is 28.0 Å². The van der Waals surface area contributed by atoms with Crippen LogP contribution in [0.1, 0.15) is 0 Å². The first-order valence-electron chi connectivity index (χ1n) is 6.76. The van der Waals surface area contributed by atoms with Crippen molar-refractivity contribution in [2.75, 3.05) is 18.5 Å². The second-order valence-electron chi connectivity index (χ2n) is 4.71. The lowest BCUT2D eigenvalue weighted by Gasteiger charge is -2.18. The average Bonchev–Trinajstić information content (AvgIpc) is 2.54. The van der Waals surface area contributed by atoms with Crippen LogP contribution in [0.2, 0.25) is 5.02 Å². The number of nitrogens with one attached hydrogen (secondary N) is 1. The Morgan fingerprint density at radius 2 is 1.91 bits per heavy atom. The summed E-state index contributed by atoms with van der Waals surface area (Å²) in [4.78, 5) is 23.1.